The molecule has 2 heterocycles. The third-order valence-corrected chi connectivity index (χ3v) is 3.07. The molecule has 0 bridgehead atoms. The normalized spacial score (nSPS) is 25.2. The van der Waals surface area contributed by atoms with Crippen molar-refractivity contribution in [3.05, 3.63) is 23.7 Å². The summed E-state index contributed by atoms with van der Waals surface area (Å²) in [6, 6.07) is 3.33. The number of hydrogen-bond acceptors (Lipinski definition) is 5. The summed E-state index contributed by atoms with van der Waals surface area (Å²) < 4.78 is 10.7. The van der Waals surface area contributed by atoms with Crippen molar-refractivity contribution in [3.63, 3.8) is 0 Å². The van der Waals surface area contributed by atoms with Crippen LogP contribution in [-0.2, 0) is 11.3 Å². The zero-order valence-corrected chi connectivity index (χ0v) is 10.2. The van der Waals surface area contributed by atoms with Crippen molar-refractivity contribution in [2.75, 3.05) is 19.8 Å². The lowest BCUT2D eigenvalue weighted by Gasteiger charge is -2.36. The molecule has 2 atom stereocenters. The molecular formula is C12H17NO5. The molecule has 0 radical (unpaired) electrons. The minimum atomic E-state index is -1.07. The van der Waals surface area contributed by atoms with Gasteiger partial charge < -0.3 is 19.4 Å². The van der Waals surface area contributed by atoms with Crippen LogP contribution in [0.1, 0.15) is 23.2 Å². The van der Waals surface area contributed by atoms with Gasteiger partial charge >= 0.3 is 5.97 Å². The van der Waals surface area contributed by atoms with Crippen molar-refractivity contribution in [1.82, 2.24) is 4.90 Å². The van der Waals surface area contributed by atoms with E-state index in [0.29, 0.717) is 25.5 Å². The van der Waals surface area contributed by atoms with Gasteiger partial charge in [0.2, 0.25) is 5.76 Å². The van der Waals surface area contributed by atoms with E-state index in [4.69, 9.17) is 19.4 Å². The summed E-state index contributed by atoms with van der Waals surface area (Å²) in [5.74, 6) is -0.507. The van der Waals surface area contributed by atoms with E-state index in [9.17, 15) is 4.79 Å². The van der Waals surface area contributed by atoms with Crippen LogP contribution in [-0.4, -0.2) is 53.0 Å². The van der Waals surface area contributed by atoms with E-state index in [2.05, 4.69) is 4.90 Å². The van der Waals surface area contributed by atoms with E-state index in [1.165, 1.54) is 6.07 Å². The third kappa shape index (κ3) is 2.90. The highest BCUT2D eigenvalue weighted by Crippen LogP contribution is 2.17. The molecule has 18 heavy (non-hydrogen) atoms. The first-order valence-electron chi connectivity index (χ1n) is 5.88. The number of hydrogen-bond donors (Lipinski definition) is 2. The van der Waals surface area contributed by atoms with Crippen LogP contribution in [0.15, 0.2) is 16.5 Å². The zero-order valence-electron chi connectivity index (χ0n) is 10.2. The summed E-state index contributed by atoms with van der Waals surface area (Å²) in [7, 11) is 0. The maximum Gasteiger partial charge on any atom is 0.371 e. The Morgan fingerprint density at radius 2 is 2.33 bits per heavy atom. The quantitative estimate of drug-likeness (QED) is 0.818. The van der Waals surface area contributed by atoms with Crippen molar-refractivity contribution in [2.24, 2.45) is 0 Å². The second-order valence-electron chi connectivity index (χ2n) is 4.49. The number of carbonyl (C=O) groups is 1. The average molecular weight is 255 g/mol. The lowest BCUT2D eigenvalue weighted by atomic mass is 10.2. The fraction of sp³-hybridized carbons (Fsp3) is 0.583. The van der Waals surface area contributed by atoms with Gasteiger partial charge in [0, 0.05) is 12.6 Å². The number of carboxylic acids is 1. The molecular weight excluding hydrogens is 238 g/mol. The molecule has 0 aromatic carbocycles. The lowest BCUT2D eigenvalue weighted by Crippen LogP contribution is -2.48. The Morgan fingerprint density at radius 3 is 2.94 bits per heavy atom. The van der Waals surface area contributed by atoms with Crippen LogP contribution in [0.3, 0.4) is 0 Å². The number of aromatic carboxylic acids is 1. The topological polar surface area (TPSA) is 83.1 Å². The molecule has 0 amide bonds. The van der Waals surface area contributed by atoms with Crippen LogP contribution < -0.4 is 0 Å². The molecule has 1 aromatic rings. The molecule has 0 spiro atoms. The molecule has 1 aromatic heterocycles. The minimum absolute atomic E-state index is 0.0122. The van der Waals surface area contributed by atoms with Crippen molar-refractivity contribution in [3.8, 4) is 0 Å². The molecule has 2 rings (SSSR count). The summed E-state index contributed by atoms with van der Waals surface area (Å²) >= 11 is 0. The SMILES string of the molecule is CC1COC(CO)CN1Cc1ccc(C(=O)O)o1. The molecule has 1 aliphatic rings. The van der Waals surface area contributed by atoms with Gasteiger partial charge in [-0.2, -0.15) is 0 Å². The minimum Gasteiger partial charge on any atom is -0.475 e. The van der Waals surface area contributed by atoms with Crippen molar-refractivity contribution in [1.29, 1.82) is 0 Å². The van der Waals surface area contributed by atoms with E-state index in [-0.39, 0.29) is 24.5 Å². The second-order valence-corrected chi connectivity index (χ2v) is 4.49. The van der Waals surface area contributed by atoms with Crippen LogP contribution in [0.5, 0.6) is 0 Å². The fourth-order valence-corrected chi connectivity index (χ4v) is 1.98. The molecule has 1 saturated heterocycles. The molecule has 6 nitrogen and oxygen atoms in total. The number of aliphatic hydroxyl groups is 1. The van der Waals surface area contributed by atoms with Gasteiger partial charge in [-0.05, 0) is 19.1 Å². The first-order valence-corrected chi connectivity index (χ1v) is 5.88. The number of aliphatic hydroxyl groups excluding tert-OH is 1. The zero-order chi connectivity index (χ0) is 13.1. The summed E-state index contributed by atoms with van der Waals surface area (Å²) in [6.07, 6.45) is -0.185. The first-order chi connectivity index (χ1) is 8.60. The van der Waals surface area contributed by atoms with E-state index < -0.39 is 5.97 Å². The molecule has 2 N–H and O–H groups in total. The van der Waals surface area contributed by atoms with Crippen LogP contribution in [0.4, 0.5) is 0 Å². The Bertz CT molecular complexity index is 416. The van der Waals surface area contributed by atoms with Crippen LogP contribution in [0.25, 0.3) is 0 Å². The van der Waals surface area contributed by atoms with Gasteiger partial charge in [0.15, 0.2) is 0 Å². The van der Waals surface area contributed by atoms with Gasteiger partial charge in [0.1, 0.15) is 5.76 Å². The van der Waals surface area contributed by atoms with Gasteiger partial charge in [-0.1, -0.05) is 0 Å². The van der Waals surface area contributed by atoms with Gasteiger partial charge in [0.05, 0.1) is 25.9 Å². The van der Waals surface area contributed by atoms with Crippen molar-refractivity contribution in [2.45, 2.75) is 25.6 Å². The van der Waals surface area contributed by atoms with Gasteiger partial charge in [-0.25, -0.2) is 4.79 Å². The van der Waals surface area contributed by atoms with Gasteiger partial charge in [-0.15, -0.1) is 0 Å². The molecule has 1 fully saturated rings. The highest BCUT2D eigenvalue weighted by atomic mass is 16.5. The number of nitrogens with zero attached hydrogens (tertiary/aromatic N) is 1. The Labute approximate surface area is 105 Å². The number of furan rings is 1. The second kappa shape index (κ2) is 5.51. The first kappa shape index (κ1) is 13.1. The predicted molar refractivity (Wildman–Crippen MR) is 62.4 cm³/mol. The molecule has 6 heteroatoms. The van der Waals surface area contributed by atoms with Crippen LogP contribution in [0, 0.1) is 0 Å². The largest absolute Gasteiger partial charge is 0.475 e. The highest BCUT2D eigenvalue weighted by Gasteiger charge is 2.26. The summed E-state index contributed by atoms with van der Waals surface area (Å²) in [4.78, 5) is 12.8. The van der Waals surface area contributed by atoms with E-state index in [1.54, 1.807) is 6.07 Å². The maximum atomic E-state index is 10.7. The van der Waals surface area contributed by atoms with Crippen LogP contribution >= 0.6 is 0 Å². The fourth-order valence-electron chi connectivity index (χ4n) is 1.98. The third-order valence-electron chi connectivity index (χ3n) is 3.07. The lowest BCUT2D eigenvalue weighted by molar-refractivity contribution is -0.0820. The predicted octanol–water partition coefficient (Wildman–Crippen LogP) is 0.559. The number of rotatable bonds is 4. The molecule has 2 unspecified atom stereocenters. The Kier molecular flexibility index (Phi) is 4.00. The molecule has 0 aliphatic carbocycles. The summed E-state index contributed by atoms with van der Waals surface area (Å²) in [6.45, 7) is 3.70. The monoisotopic (exact) mass is 255 g/mol. The van der Waals surface area contributed by atoms with Crippen molar-refractivity contribution < 1.29 is 24.2 Å². The molecule has 0 saturated carbocycles. The van der Waals surface area contributed by atoms with E-state index in [1.807, 2.05) is 6.92 Å². The smallest absolute Gasteiger partial charge is 0.371 e. The number of morpholine rings is 1. The van der Waals surface area contributed by atoms with Crippen LogP contribution in [0.2, 0.25) is 0 Å². The van der Waals surface area contributed by atoms with Crippen molar-refractivity contribution >= 4 is 5.97 Å². The average Bonchev–Trinajstić information content (AvgIpc) is 2.81. The number of carboxylic acid groups (broad SMARTS) is 1. The van der Waals surface area contributed by atoms with Gasteiger partial charge in [-0.3, -0.25) is 4.90 Å². The molecule has 1 aliphatic heterocycles. The Balaban J connectivity index is 2.00. The summed E-state index contributed by atoms with van der Waals surface area (Å²) in [5, 5.41) is 17.9. The standard InChI is InChI=1S/C12H17NO5/c1-8-7-17-10(6-14)5-13(8)4-9-2-3-11(18-9)12(15)16/h2-3,8,10,14H,4-7H2,1H3,(H,15,16). The van der Waals surface area contributed by atoms with E-state index >= 15 is 0 Å². The Hall–Kier alpha value is -1.37. The maximum absolute atomic E-state index is 10.7. The molecule has 100 valence electrons. The van der Waals surface area contributed by atoms with E-state index in [0.717, 1.165) is 0 Å². The van der Waals surface area contributed by atoms with Gasteiger partial charge in [0.25, 0.3) is 0 Å². The highest BCUT2D eigenvalue weighted by molar-refractivity contribution is 5.84. The Morgan fingerprint density at radius 1 is 1.56 bits per heavy atom. The summed E-state index contributed by atoms with van der Waals surface area (Å²) in [5.41, 5.74) is 0. The number of ether oxygens (including phenoxy) is 1.